The molecule has 0 atom stereocenters. The molecule has 3 rings (SSSR count). The Labute approximate surface area is 157 Å². The van der Waals surface area contributed by atoms with E-state index in [1.54, 1.807) is 18.2 Å². The number of benzene rings is 3. The van der Waals surface area contributed by atoms with Crippen molar-refractivity contribution in [2.24, 2.45) is 0 Å². The number of hydrogen-bond acceptors (Lipinski definition) is 1. The zero-order chi connectivity index (χ0) is 17.6. The Morgan fingerprint density at radius 3 is 2.00 bits per heavy atom. The van der Waals surface area contributed by atoms with E-state index in [9.17, 15) is 4.79 Å². The first kappa shape index (κ1) is 17.5. The van der Waals surface area contributed by atoms with E-state index in [-0.39, 0.29) is 5.91 Å². The predicted octanol–water partition coefficient (Wildman–Crippen LogP) is 5.63. The maximum Gasteiger partial charge on any atom is 0.254 e. The molecule has 25 heavy (non-hydrogen) atoms. The van der Waals surface area contributed by atoms with Crippen LogP contribution in [0.2, 0.25) is 10.0 Å². The Bertz CT molecular complexity index is 841. The van der Waals surface area contributed by atoms with Gasteiger partial charge in [0, 0.05) is 6.54 Å². The molecule has 126 valence electrons. The third-order valence-corrected chi connectivity index (χ3v) is 4.58. The highest BCUT2D eigenvalue weighted by Gasteiger charge is 2.13. The number of carbonyl (C=O) groups is 1. The molecule has 1 amide bonds. The van der Waals surface area contributed by atoms with Crippen molar-refractivity contribution in [3.05, 3.63) is 94.0 Å². The minimum absolute atomic E-state index is 0.253. The molecule has 0 aliphatic rings. The highest BCUT2D eigenvalue weighted by atomic mass is 35.5. The molecule has 2 nitrogen and oxygen atoms in total. The van der Waals surface area contributed by atoms with Crippen molar-refractivity contribution in [3.8, 4) is 11.1 Å². The third kappa shape index (κ3) is 4.41. The molecule has 0 aliphatic carbocycles. The largest absolute Gasteiger partial charge is 0.352 e. The van der Waals surface area contributed by atoms with Gasteiger partial charge < -0.3 is 5.32 Å². The number of carbonyl (C=O) groups excluding carboxylic acids is 1. The average Bonchev–Trinajstić information content (AvgIpc) is 2.63. The van der Waals surface area contributed by atoms with Gasteiger partial charge >= 0.3 is 0 Å². The van der Waals surface area contributed by atoms with Crippen LogP contribution in [0.4, 0.5) is 0 Å². The van der Waals surface area contributed by atoms with E-state index in [1.165, 1.54) is 11.1 Å². The summed E-state index contributed by atoms with van der Waals surface area (Å²) in [6.07, 6.45) is 0.739. The summed E-state index contributed by atoms with van der Waals surface area (Å²) in [4.78, 5) is 12.2. The molecule has 0 saturated carbocycles. The molecule has 4 heteroatoms. The molecule has 1 N–H and O–H groups in total. The Balaban J connectivity index is 1.58. The molecular weight excluding hydrogens is 353 g/mol. The van der Waals surface area contributed by atoms with Crippen LogP contribution in [0.25, 0.3) is 11.1 Å². The maximum absolute atomic E-state index is 12.2. The van der Waals surface area contributed by atoms with Crippen LogP contribution in [-0.4, -0.2) is 12.5 Å². The van der Waals surface area contributed by atoms with Crippen LogP contribution < -0.4 is 5.32 Å². The first-order valence-corrected chi connectivity index (χ1v) is 8.77. The number of hydrogen-bond donors (Lipinski definition) is 1. The van der Waals surface area contributed by atoms with Gasteiger partial charge in [0.05, 0.1) is 15.6 Å². The molecular formula is C21H17Cl2NO. The van der Waals surface area contributed by atoms with Crippen LogP contribution in [0.15, 0.2) is 72.8 Å². The Morgan fingerprint density at radius 2 is 1.36 bits per heavy atom. The number of rotatable bonds is 5. The monoisotopic (exact) mass is 369 g/mol. The van der Waals surface area contributed by atoms with E-state index in [1.807, 2.05) is 18.2 Å². The van der Waals surface area contributed by atoms with E-state index in [0.29, 0.717) is 22.2 Å². The van der Waals surface area contributed by atoms with E-state index >= 15 is 0 Å². The summed E-state index contributed by atoms with van der Waals surface area (Å²) in [5.74, 6) is -0.253. The Hall–Kier alpha value is -2.29. The maximum atomic E-state index is 12.2. The molecule has 0 bridgehead atoms. The second-order valence-electron chi connectivity index (χ2n) is 5.67. The normalized spacial score (nSPS) is 10.5. The highest BCUT2D eigenvalue weighted by Crippen LogP contribution is 2.24. The van der Waals surface area contributed by atoms with E-state index in [4.69, 9.17) is 23.2 Å². The fraction of sp³-hybridized carbons (Fsp3) is 0.0952. The average molecular weight is 370 g/mol. The van der Waals surface area contributed by atoms with Crippen molar-refractivity contribution in [2.45, 2.75) is 6.42 Å². The fourth-order valence-electron chi connectivity index (χ4n) is 2.62. The lowest BCUT2D eigenvalue weighted by Crippen LogP contribution is -2.26. The van der Waals surface area contributed by atoms with Gasteiger partial charge in [0.2, 0.25) is 0 Å². The quantitative estimate of drug-likeness (QED) is 0.619. The standard InChI is InChI=1S/C21H17Cl2NO/c22-18-7-4-8-19(23)20(18)21(25)24-14-13-15-9-11-17(12-10-15)16-5-2-1-3-6-16/h1-12H,13-14H2,(H,24,25). The summed E-state index contributed by atoms with van der Waals surface area (Å²) in [6.45, 7) is 0.519. The minimum Gasteiger partial charge on any atom is -0.352 e. The fourth-order valence-corrected chi connectivity index (χ4v) is 3.19. The summed E-state index contributed by atoms with van der Waals surface area (Å²) < 4.78 is 0. The second-order valence-corrected chi connectivity index (χ2v) is 6.48. The third-order valence-electron chi connectivity index (χ3n) is 3.95. The molecule has 0 heterocycles. The molecule has 0 aromatic heterocycles. The molecule has 3 aromatic carbocycles. The zero-order valence-electron chi connectivity index (χ0n) is 13.5. The first-order chi connectivity index (χ1) is 12.1. The van der Waals surface area contributed by atoms with Crippen molar-refractivity contribution in [1.29, 1.82) is 0 Å². The molecule has 0 spiro atoms. The van der Waals surface area contributed by atoms with Crippen LogP contribution in [0.1, 0.15) is 15.9 Å². The van der Waals surface area contributed by atoms with Crippen LogP contribution >= 0.6 is 23.2 Å². The lowest BCUT2D eigenvalue weighted by atomic mass is 10.0. The highest BCUT2D eigenvalue weighted by molar-refractivity contribution is 6.39. The second kappa shape index (κ2) is 8.19. The lowest BCUT2D eigenvalue weighted by Gasteiger charge is -2.09. The van der Waals surface area contributed by atoms with Crippen molar-refractivity contribution in [3.63, 3.8) is 0 Å². The van der Waals surface area contributed by atoms with Crippen molar-refractivity contribution < 1.29 is 4.79 Å². The number of amides is 1. The number of nitrogens with one attached hydrogen (secondary N) is 1. The molecule has 3 aromatic rings. The van der Waals surface area contributed by atoms with Gasteiger partial charge in [-0.25, -0.2) is 0 Å². The predicted molar refractivity (Wildman–Crippen MR) is 104 cm³/mol. The van der Waals surface area contributed by atoms with E-state index < -0.39 is 0 Å². The molecule has 0 aliphatic heterocycles. The molecule has 0 saturated heterocycles. The van der Waals surface area contributed by atoms with Crippen LogP contribution in [0, 0.1) is 0 Å². The molecule has 0 unspecified atom stereocenters. The topological polar surface area (TPSA) is 29.1 Å². The summed E-state index contributed by atoms with van der Waals surface area (Å²) in [7, 11) is 0. The van der Waals surface area contributed by atoms with Gasteiger partial charge in [-0.05, 0) is 35.2 Å². The lowest BCUT2D eigenvalue weighted by molar-refractivity contribution is 0.0954. The molecule has 0 radical (unpaired) electrons. The minimum atomic E-state index is -0.253. The van der Waals surface area contributed by atoms with Crippen molar-refractivity contribution in [1.82, 2.24) is 5.32 Å². The van der Waals surface area contributed by atoms with Gasteiger partial charge in [0.1, 0.15) is 0 Å². The van der Waals surface area contributed by atoms with Crippen LogP contribution in [-0.2, 0) is 6.42 Å². The van der Waals surface area contributed by atoms with Crippen molar-refractivity contribution >= 4 is 29.1 Å². The Morgan fingerprint density at radius 1 is 0.760 bits per heavy atom. The van der Waals surface area contributed by atoms with Gasteiger partial charge in [-0.15, -0.1) is 0 Å². The van der Waals surface area contributed by atoms with Gasteiger partial charge in [-0.2, -0.15) is 0 Å². The van der Waals surface area contributed by atoms with E-state index in [2.05, 4.69) is 41.7 Å². The summed E-state index contributed by atoms with van der Waals surface area (Å²) in [5, 5.41) is 3.58. The van der Waals surface area contributed by atoms with Gasteiger partial charge in [-0.1, -0.05) is 83.9 Å². The van der Waals surface area contributed by atoms with Crippen molar-refractivity contribution in [2.75, 3.05) is 6.54 Å². The molecule has 0 fully saturated rings. The smallest absolute Gasteiger partial charge is 0.254 e. The Kier molecular flexibility index (Phi) is 5.75. The summed E-state index contributed by atoms with van der Waals surface area (Å²) in [6, 6.07) is 23.6. The summed E-state index contributed by atoms with van der Waals surface area (Å²) >= 11 is 12.1. The van der Waals surface area contributed by atoms with E-state index in [0.717, 1.165) is 12.0 Å². The SMILES string of the molecule is O=C(NCCc1ccc(-c2ccccc2)cc1)c1c(Cl)cccc1Cl. The first-order valence-electron chi connectivity index (χ1n) is 8.02. The van der Waals surface area contributed by atoms with Crippen LogP contribution in [0.3, 0.4) is 0 Å². The van der Waals surface area contributed by atoms with Gasteiger partial charge in [0.15, 0.2) is 0 Å². The van der Waals surface area contributed by atoms with Gasteiger partial charge in [-0.3, -0.25) is 4.79 Å². The van der Waals surface area contributed by atoms with Gasteiger partial charge in [0.25, 0.3) is 5.91 Å². The summed E-state index contributed by atoms with van der Waals surface area (Å²) in [5.41, 5.74) is 3.85. The van der Waals surface area contributed by atoms with Crippen LogP contribution in [0.5, 0.6) is 0 Å². The number of halogens is 2. The zero-order valence-corrected chi connectivity index (χ0v) is 15.0.